The van der Waals surface area contributed by atoms with Crippen molar-refractivity contribution in [2.75, 3.05) is 6.54 Å². The summed E-state index contributed by atoms with van der Waals surface area (Å²) in [6.07, 6.45) is 3.36. The molecule has 1 heterocycles. The van der Waals surface area contributed by atoms with E-state index in [2.05, 4.69) is 5.32 Å². The van der Waals surface area contributed by atoms with Gasteiger partial charge in [-0.2, -0.15) is 0 Å². The maximum absolute atomic E-state index is 10.8. The van der Waals surface area contributed by atoms with Gasteiger partial charge in [0.25, 0.3) is 5.69 Å². The lowest BCUT2D eigenvalue weighted by molar-refractivity contribution is -0.384. The third-order valence-electron chi connectivity index (χ3n) is 2.88. The second kappa shape index (κ2) is 4.80. The molecule has 1 unspecified atom stereocenters. The Morgan fingerprint density at radius 1 is 1.44 bits per heavy atom. The van der Waals surface area contributed by atoms with E-state index >= 15 is 0 Å². The van der Waals surface area contributed by atoms with Crippen molar-refractivity contribution in [3.63, 3.8) is 0 Å². The lowest BCUT2D eigenvalue weighted by atomic mass is 9.97. The maximum Gasteiger partial charge on any atom is 0.288 e. The number of piperidine rings is 1. The van der Waals surface area contributed by atoms with E-state index in [9.17, 15) is 10.1 Å². The van der Waals surface area contributed by atoms with E-state index in [1.165, 1.54) is 6.42 Å². The third-order valence-corrected chi connectivity index (χ3v) is 3.20. The first-order chi connectivity index (χ1) is 7.68. The van der Waals surface area contributed by atoms with E-state index < -0.39 is 4.92 Å². The molecule has 1 atom stereocenters. The van der Waals surface area contributed by atoms with Gasteiger partial charge in [0.05, 0.1) is 4.92 Å². The van der Waals surface area contributed by atoms with Gasteiger partial charge >= 0.3 is 0 Å². The summed E-state index contributed by atoms with van der Waals surface area (Å²) in [6, 6.07) is 5.26. The van der Waals surface area contributed by atoms with E-state index in [-0.39, 0.29) is 16.8 Å². The summed E-state index contributed by atoms with van der Waals surface area (Å²) in [7, 11) is 0. The van der Waals surface area contributed by atoms with Gasteiger partial charge < -0.3 is 5.32 Å². The largest absolute Gasteiger partial charge is 0.310 e. The molecule has 86 valence electrons. The average Bonchev–Trinajstić information content (AvgIpc) is 2.30. The molecule has 0 amide bonds. The van der Waals surface area contributed by atoms with Gasteiger partial charge in [0.2, 0.25) is 0 Å². The molecular weight excluding hydrogens is 228 g/mol. The van der Waals surface area contributed by atoms with Crippen LogP contribution in [0.3, 0.4) is 0 Å². The number of nitro benzene ring substituents is 1. The summed E-state index contributed by atoms with van der Waals surface area (Å²) in [6.45, 7) is 0.973. The number of halogens is 1. The Balaban J connectivity index is 2.27. The highest BCUT2D eigenvalue weighted by Gasteiger charge is 2.19. The zero-order chi connectivity index (χ0) is 11.5. The molecule has 1 aliphatic rings. The van der Waals surface area contributed by atoms with Gasteiger partial charge in [0.15, 0.2) is 0 Å². The topological polar surface area (TPSA) is 55.2 Å². The molecule has 1 aliphatic heterocycles. The van der Waals surface area contributed by atoms with Crippen molar-refractivity contribution in [1.29, 1.82) is 0 Å². The van der Waals surface area contributed by atoms with Crippen molar-refractivity contribution in [2.45, 2.75) is 25.3 Å². The molecule has 1 aromatic rings. The minimum atomic E-state index is -0.436. The molecule has 4 nitrogen and oxygen atoms in total. The van der Waals surface area contributed by atoms with E-state index in [0.29, 0.717) is 0 Å². The number of hydrogen-bond donors (Lipinski definition) is 1. The van der Waals surface area contributed by atoms with Gasteiger partial charge in [0, 0.05) is 12.1 Å². The van der Waals surface area contributed by atoms with Crippen LogP contribution in [0.2, 0.25) is 5.02 Å². The fourth-order valence-corrected chi connectivity index (χ4v) is 2.21. The molecule has 0 radical (unpaired) electrons. The van der Waals surface area contributed by atoms with Crippen molar-refractivity contribution in [1.82, 2.24) is 5.32 Å². The summed E-state index contributed by atoms with van der Waals surface area (Å²) in [5.74, 6) is 0. The van der Waals surface area contributed by atoms with E-state index in [4.69, 9.17) is 11.6 Å². The molecule has 0 saturated carbocycles. The average molecular weight is 241 g/mol. The van der Waals surface area contributed by atoms with Crippen molar-refractivity contribution in [3.05, 3.63) is 38.9 Å². The summed E-state index contributed by atoms with van der Waals surface area (Å²) in [4.78, 5) is 10.3. The molecule has 0 aliphatic carbocycles. The number of nitrogens with one attached hydrogen (secondary N) is 1. The Labute approximate surface area is 98.8 Å². The van der Waals surface area contributed by atoms with Gasteiger partial charge in [-0.1, -0.05) is 24.1 Å². The fraction of sp³-hybridized carbons (Fsp3) is 0.455. The van der Waals surface area contributed by atoms with Crippen LogP contribution in [-0.4, -0.2) is 11.5 Å². The molecule has 2 rings (SSSR count). The summed E-state index contributed by atoms with van der Waals surface area (Å²) < 4.78 is 0. The highest BCUT2D eigenvalue weighted by Crippen LogP contribution is 2.30. The van der Waals surface area contributed by atoms with Crippen molar-refractivity contribution < 1.29 is 4.92 Å². The summed E-state index contributed by atoms with van der Waals surface area (Å²) >= 11 is 5.77. The van der Waals surface area contributed by atoms with E-state index in [0.717, 1.165) is 24.9 Å². The number of rotatable bonds is 2. The van der Waals surface area contributed by atoms with Gasteiger partial charge in [-0.3, -0.25) is 10.1 Å². The molecule has 1 fully saturated rings. The SMILES string of the molecule is O=[N+]([O-])c1cc(C2CCCCN2)ccc1Cl. The monoisotopic (exact) mass is 240 g/mol. The first-order valence-electron chi connectivity index (χ1n) is 5.35. The quantitative estimate of drug-likeness (QED) is 0.639. The standard InChI is InChI=1S/C11H13ClN2O2/c12-9-5-4-8(7-11(9)14(15)16)10-3-1-2-6-13-10/h4-5,7,10,13H,1-3,6H2. The van der Waals surface area contributed by atoms with Crippen LogP contribution in [0.1, 0.15) is 30.9 Å². The van der Waals surface area contributed by atoms with Gasteiger partial charge in [-0.15, -0.1) is 0 Å². The Morgan fingerprint density at radius 2 is 2.25 bits per heavy atom. The highest BCUT2D eigenvalue weighted by molar-refractivity contribution is 6.32. The molecule has 1 N–H and O–H groups in total. The van der Waals surface area contributed by atoms with Crippen LogP contribution >= 0.6 is 11.6 Å². The van der Waals surface area contributed by atoms with Crippen molar-refractivity contribution >= 4 is 17.3 Å². The predicted molar refractivity (Wildman–Crippen MR) is 62.7 cm³/mol. The molecule has 0 bridgehead atoms. The summed E-state index contributed by atoms with van der Waals surface area (Å²) in [5, 5.41) is 14.3. The first-order valence-corrected chi connectivity index (χ1v) is 5.73. The lowest BCUT2D eigenvalue weighted by Gasteiger charge is -2.23. The van der Waals surface area contributed by atoms with Crippen LogP contribution < -0.4 is 5.32 Å². The maximum atomic E-state index is 10.8. The predicted octanol–water partition coefficient (Wildman–Crippen LogP) is 3.06. The zero-order valence-corrected chi connectivity index (χ0v) is 9.54. The van der Waals surface area contributed by atoms with Crippen LogP contribution in [0, 0.1) is 10.1 Å². The lowest BCUT2D eigenvalue weighted by Crippen LogP contribution is -2.26. The number of hydrogen-bond acceptors (Lipinski definition) is 3. The first kappa shape index (κ1) is 11.4. The van der Waals surface area contributed by atoms with Crippen LogP contribution in [0.5, 0.6) is 0 Å². The Kier molecular flexibility index (Phi) is 3.41. The van der Waals surface area contributed by atoms with Crippen LogP contribution in [0.4, 0.5) is 5.69 Å². The van der Waals surface area contributed by atoms with Gasteiger partial charge in [-0.05, 0) is 31.0 Å². The molecule has 0 aromatic heterocycles. The fourth-order valence-electron chi connectivity index (χ4n) is 2.02. The van der Waals surface area contributed by atoms with E-state index in [1.54, 1.807) is 12.1 Å². The minimum absolute atomic E-state index is 0.00783. The Morgan fingerprint density at radius 3 is 2.88 bits per heavy atom. The van der Waals surface area contributed by atoms with Crippen LogP contribution in [0.15, 0.2) is 18.2 Å². The molecule has 1 saturated heterocycles. The highest BCUT2D eigenvalue weighted by atomic mass is 35.5. The molecular formula is C11H13ClN2O2. The minimum Gasteiger partial charge on any atom is -0.310 e. The van der Waals surface area contributed by atoms with Crippen molar-refractivity contribution in [2.24, 2.45) is 0 Å². The number of benzene rings is 1. The van der Waals surface area contributed by atoms with Crippen LogP contribution in [0.25, 0.3) is 0 Å². The zero-order valence-electron chi connectivity index (χ0n) is 8.78. The number of nitro groups is 1. The Hall–Kier alpha value is -1.13. The second-order valence-electron chi connectivity index (χ2n) is 3.97. The van der Waals surface area contributed by atoms with Crippen LogP contribution in [-0.2, 0) is 0 Å². The molecule has 5 heteroatoms. The molecule has 16 heavy (non-hydrogen) atoms. The van der Waals surface area contributed by atoms with Crippen molar-refractivity contribution in [3.8, 4) is 0 Å². The smallest absolute Gasteiger partial charge is 0.288 e. The second-order valence-corrected chi connectivity index (χ2v) is 4.38. The summed E-state index contributed by atoms with van der Waals surface area (Å²) in [5.41, 5.74) is 0.947. The Bertz CT molecular complexity index is 403. The molecule has 1 aromatic carbocycles. The third kappa shape index (κ3) is 2.33. The van der Waals surface area contributed by atoms with Gasteiger partial charge in [0.1, 0.15) is 5.02 Å². The van der Waals surface area contributed by atoms with E-state index in [1.807, 2.05) is 6.07 Å². The normalized spacial score (nSPS) is 20.7. The molecule has 0 spiro atoms. The number of nitrogens with zero attached hydrogens (tertiary/aromatic N) is 1. The van der Waals surface area contributed by atoms with Gasteiger partial charge in [-0.25, -0.2) is 0 Å².